The van der Waals surface area contributed by atoms with Crippen LogP contribution in [0.1, 0.15) is 20.3 Å². The van der Waals surface area contributed by atoms with E-state index in [1.165, 1.54) is 6.33 Å². The molecule has 1 atom stereocenters. The largest absolute Gasteiger partial charge is 0.476 e. The van der Waals surface area contributed by atoms with Crippen molar-refractivity contribution in [2.45, 2.75) is 26.3 Å². The van der Waals surface area contributed by atoms with Crippen LogP contribution in [0.2, 0.25) is 0 Å². The molecule has 0 aromatic carbocycles. The summed E-state index contributed by atoms with van der Waals surface area (Å²) in [5.74, 6) is 1.28. The van der Waals surface area contributed by atoms with E-state index in [0.29, 0.717) is 24.2 Å². The van der Waals surface area contributed by atoms with Crippen molar-refractivity contribution in [3.63, 3.8) is 0 Å². The van der Waals surface area contributed by atoms with Gasteiger partial charge in [0, 0.05) is 25.7 Å². The molecule has 1 fully saturated rings. The molecule has 0 spiro atoms. The third-order valence-corrected chi connectivity index (χ3v) is 3.66. The van der Waals surface area contributed by atoms with Gasteiger partial charge in [0.1, 0.15) is 12.0 Å². The lowest BCUT2D eigenvalue weighted by Gasteiger charge is -2.40. The van der Waals surface area contributed by atoms with Gasteiger partial charge in [-0.15, -0.1) is 0 Å². The standard InChI is InChI=1S/C13H23N5O/c1-4-10-8-18(7-6-17(10)3)12-11(14)13(19-5-2)16-9-15-12/h9-10H,4-8,14H2,1-3H3. The maximum absolute atomic E-state index is 6.12. The van der Waals surface area contributed by atoms with E-state index < -0.39 is 0 Å². The quantitative estimate of drug-likeness (QED) is 0.875. The zero-order chi connectivity index (χ0) is 13.8. The maximum Gasteiger partial charge on any atom is 0.242 e. The first-order valence-electron chi connectivity index (χ1n) is 6.85. The van der Waals surface area contributed by atoms with Crippen LogP contribution in [0, 0.1) is 0 Å². The first kappa shape index (κ1) is 13.9. The number of aromatic nitrogens is 2. The minimum Gasteiger partial charge on any atom is -0.476 e. The molecule has 19 heavy (non-hydrogen) atoms. The summed E-state index contributed by atoms with van der Waals surface area (Å²) in [4.78, 5) is 13.0. The molecule has 0 amide bonds. The van der Waals surface area contributed by atoms with Gasteiger partial charge in [0.15, 0.2) is 5.82 Å². The Hall–Kier alpha value is -1.56. The molecule has 2 heterocycles. The van der Waals surface area contributed by atoms with Crippen LogP contribution in [0.3, 0.4) is 0 Å². The lowest BCUT2D eigenvalue weighted by atomic mass is 10.1. The molecule has 2 rings (SSSR count). The minimum atomic E-state index is 0.486. The summed E-state index contributed by atoms with van der Waals surface area (Å²) < 4.78 is 5.43. The van der Waals surface area contributed by atoms with E-state index in [4.69, 9.17) is 10.5 Å². The fraction of sp³-hybridized carbons (Fsp3) is 0.692. The van der Waals surface area contributed by atoms with Gasteiger partial charge in [0.05, 0.1) is 6.61 Å². The molecule has 1 aromatic heterocycles. The van der Waals surface area contributed by atoms with E-state index >= 15 is 0 Å². The van der Waals surface area contributed by atoms with Crippen LogP contribution in [-0.4, -0.2) is 54.2 Å². The van der Waals surface area contributed by atoms with Crippen molar-refractivity contribution in [1.82, 2.24) is 14.9 Å². The number of hydrogen-bond acceptors (Lipinski definition) is 6. The Morgan fingerprint density at radius 2 is 2.16 bits per heavy atom. The zero-order valence-corrected chi connectivity index (χ0v) is 12.0. The lowest BCUT2D eigenvalue weighted by molar-refractivity contribution is 0.213. The van der Waals surface area contributed by atoms with Crippen molar-refractivity contribution in [1.29, 1.82) is 0 Å². The van der Waals surface area contributed by atoms with Crippen LogP contribution in [0.25, 0.3) is 0 Å². The molecule has 0 aliphatic carbocycles. The maximum atomic E-state index is 6.12. The van der Waals surface area contributed by atoms with Gasteiger partial charge < -0.3 is 15.4 Å². The molecule has 1 aliphatic heterocycles. The molecule has 6 nitrogen and oxygen atoms in total. The van der Waals surface area contributed by atoms with E-state index in [9.17, 15) is 0 Å². The Labute approximate surface area is 114 Å². The highest BCUT2D eigenvalue weighted by Crippen LogP contribution is 2.29. The van der Waals surface area contributed by atoms with Crippen molar-refractivity contribution >= 4 is 11.5 Å². The number of hydrogen-bond donors (Lipinski definition) is 1. The van der Waals surface area contributed by atoms with E-state index in [-0.39, 0.29) is 0 Å². The Morgan fingerprint density at radius 1 is 1.37 bits per heavy atom. The Bertz CT molecular complexity index is 425. The van der Waals surface area contributed by atoms with Gasteiger partial charge in [-0.3, -0.25) is 4.90 Å². The molecule has 0 bridgehead atoms. The van der Waals surface area contributed by atoms with E-state index in [0.717, 1.165) is 31.9 Å². The molecule has 1 unspecified atom stereocenters. The number of likely N-dealkylation sites (N-methyl/N-ethyl adjacent to an activating group) is 1. The lowest BCUT2D eigenvalue weighted by Crippen LogP contribution is -2.51. The Morgan fingerprint density at radius 3 is 2.84 bits per heavy atom. The number of nitrogens with two attached hydrogens (primary N) is 1. The average molecular weight is 265 g/mol. The van der Waals surface area contributed by atoms with Gasteiger partial charge in [-0.05, 0) is 20.4 Å². The van der Waals surface area contributed by atoms with E-state index in [1.54, 1.807) is 0 Å². The van der Waals surface area contributed by atoms with E-state index in [1.807, 2.05) is 6.92 Å². The molecular formula is C13H23N5O. The van der Waals surface area contributed by atoms with Crippen molar-refractivity contribution in [3.8, 4) is 5.88 Å². The monoisotopic (exact) mass is 265 g/mol. The van der Waals surface area contributed by atoms with Crippen molar-refractivity contribution in [2.75, 3.05) is 43.9 Å². The van der Waals surface area contributed by atoms with Crippen LogP contribution < -0.4 is 15.4 Å². The van der Waals surface area contributed by atoms with Crippen LogP contribution in [-0.2, 0) is 0 Å². The smallest absolute Gasteiger partial charge is 0.242 e. The predicted octanol–water partition coefficient (Wildman–Crippen LogP) is 0.988. The predicted molar refractivity (Wildman–Crippen MR) is 76.5 cm³/mol. The average Bonchev–Trinajstić information content (AvgIpc) is 2.42. The molecule has 1 aliphatic rings. The van der Waals surface area contributed by atoms with Crippen molar-refractivity contribution in [2.24, 2.45) is 0 Å². The number of piperazine rings is 1. The number of rotatable bonds is 4. The van der Waals surface area contributed by atoms with Gasteiger partial charge in [-0.2, -0.15) is 4.98 Å². The first-order valence-corrected chi connectivity index (χ1v) is 6.85. The summed E-state index contributed by atoms with van der Waals surface area (Å²) in [6.45, 7) is 7.58. The van der Waals surface area contributed by atoms with Crippen LogP contribution in [0.5, 0.6) is 5.88 Å². The third-order valence-electron chi connectivity index (χ3n) is 3.66. The number of anilines is 2. The van der Waals surface area contributed by atoms with E-state index in [2.05, 4.69) is 33.7 Å². The molecule has 1 aromatic rings. The van der Waals surface area contributed by atoms with Crippen LogP contribution >= 0.6 is 0 Å². The second kappa shape index (κ2) is 6.06. The number of ether oxygens (including phenoxy) is 1. The first-order chi connectivity index (χ1) is 9.17. The molecule has 0 radical (unpaired) electrons. The zero-order valence-electron chi connectivity index (χ0n) is 12.0. The SMILES string of the molecule is CCOc1ncnc(N2CCN(C)C(CC)C2)c1N. The summed E-state index contributed by atoms with van der Waals surface area (Å²) >= 11 is 0. The van der Waals surface area contributed by atoms with Crippen LogP contribution in [0.15, 0.2) is 6.33 Å². The highest BCUT2D eigenvalue weighted by Gasteiger charge is 2.25. The molecule has 0 saturated carbocycles. The van der Waals surface area contributed by atoms with Gasteiger partial charge in [0.2, 0.25) is 5.88 Å². The summed E-state index contributed by atoms with van der Waals surface area (Å²) in [5, 5.41) is 0. The minimum absolute atomic E-state index is 0.486. The molecule has 1 saturated heterocycles. The van der Waals surface area contributed by atoms with Crippen LogP contribution in [0.4, 0.5) is 11.5 Å². The molecule has 6 heteroatoms. The number of nitrogen functional groups attached to an aromatic ring is 1. The highest BCUT2D eigenvalue weighted by atomic mass is 16.5. The van der Waals surface area contributed by atoms with Gasteiger partial charge >= 0.3 is 0 Å². The summed E-state index contributed by atoms with van der Waals surface area (Å²) in [6, 6.07) is 0.540. The topological polar surface area (TPSA) is 67.5 Å². The second-order valence-electron chi connectivity index (χ2n) is 4.84. The van der Waals surface area contributed by atoms with Gasteiger partial charge in [0.25, 0.3) is 0 Å². The summed E-state index contributed by atoms with van der Waals surface area (Å²) in [5.41, 5.74) is 6.66. The fourth-order valence-corrected chi connectivity index (χ4v) is 2.45. The fourth-order valence-electron chi connectivity index (χ4n) is 2.45. The van der Waals surface area contributed by atoms with Crippen molar-refractivity contribution in [3.05, 3.63) is 6.33 Å². The van der Waals surface area contributed by atoms with Gasteiger partial charge in [-0.1, -0.05) is 6.92 Å². The molecule has 2 N–H and O–H groups in total. The number of nitrogens with zero attached hydrogens (tertiary/aromatic N) is 4. The summed E-state index contributed by atoms with van der Waals surface area (Å²) in [6.07, 6.45) is 2.65. The summed E-state index contributed by atoms with van der Waals surface area (Å²) in [7, 11) is 2.17. The second-order valence-corrected chi connectivity index (χ2v) is 4.84. The highest BCUT2D eigenvalue weighted by molar-refractivity contribution is 5.67. The van der Waals surface area contributed by atoms with Gasteiger partial charge in [-0.25, -0.2) is 4.98 Å². The molecule has 106 valence electrons. The Balaban J connectivity index is 2.20. The third kappa shape index (κ3) is 2.89. The van der Waals surface area contributed by atoms with Crippen molar-refractivity contribution < 1.29 is 4.74 Å². The Kier molecular flexibility index (Phi) is 4.42. The normalized spacial score (nSPS) is 20.6. The molecular weight excluding hydrogens is 242 g/mol.